The van der Waals surface area contributed by atoms with Gasteiger partial charge in [-0.3, -0.25) is 4.79 Å². The van der Waals surface area contributed by atoms with E-state index in [1.807, 2.05) is 19.9 Å². The van der Waals surface area contributed by atoms with Gasteiger partial charge in [0.2, 0.25) is 0 Å². The van der Waals surface area contributed by atoms with Crippen LogP contribution in [0.15, 0.2) is 35.4 Å². The van der Waals surface area contributed by atoms with Crippen molar-refractivity contribution in [1.29, 1.82) is 0 Å². The van der Waals surface area contributed by atoms with Crippen LogP contribution < -0.4 is 11.3 Å². The van der Waals surface area contributed by atoms with Crippen LogP contribution in [0.2, 0.25) is 0 Å². The minimum atomic E-state index is -0.154. The molecule has 3 rings (SSSR count). The molecular formula is C15H18N4O. The number of fused-ring (bicyclic) bond motifs is 1. The highest BCUT2D eigenvalue weighted by atomic mass is 16.1. The summed E-state index contributed by atoms with van der Waals surface area (Å²) in [5.41, 5.74) is 7.64. The summed E-state index contributed by atoms with van der Waals surface area (Å²) in [7, 11) is 0. The van der Waals surface area contributed by atoms with Gasteiger partial charge in [0, 0.05) is 5.56 Å². The Morgan fingerprint density at radius 1 is 1.25 bits per heavy atom. The summed E-state index contributed by atoms with van der Waals surface area (Å²) >= 11 is 0. The first kappa shape index (κ1) is 14.0. The Kier molecular flexibility index (Phi) is 4.30. The predicted octanol–water partition coefficient (Wildman–Crippen LogP) is 2.66. The standard InChI is InChI=1S/C13H12N4O.C2H6/c14-11-10-6-9(8-4-2-1-3-5-8)13(18)17-12(10)16-7-15-11;1-2/h2,4-7H,1,3H2,(H3,14,15,16,17,18);1-2H3. The molecule has 0 unspecified atom stereocenters. The van der Waals surface area contributed by atoms with E-state index >= 15 is 0 Å². The molecule has 2 aromatic heterocycles. The summed E-state index contributed by atoms with van der Waals surface area (Å²) < 4.78 is 0. The molecule has 3 N–H and O–H groups in total. The lowest BCUT2D eigenvalue weighted by atomic mass is 10.00. The molecule has 20 heavy (non-hydrogen) atoms. The Morgan fingerprint density at radius 2 is 2.05 bits per heavy atom. The lowest BCUT2D eigenvalue weighted by molar-refractivity contribution is 1.04. The quantitative estimate of drug-likeness (QED) is 0.834. The molecule has 0 bridgehead atoms. The average Bonchev–Trinajstić information content (AvgIpc) is 2.50. The molecule has 0 saturated carbocycles. The predicted molar refractivity (Wildman–Crippen MR) is 82.3 cm³/mol. The van der Waals surface area contributed by atoms with Crippen molar-refractivity contribution in [2.24, 2.45) is 0 Å². The normalized spacial score (nSPS) is 13.6. The second kappa shape index (κ2) is 6.14. The van der Waals surface area contributed by atoms with Gasteiger partial charge in [0.15, 0.2) is 0 Å². The summed E-state index contributed by atoms with van der Waals surface area (Å²) in [5.74, 6) is 0.373. The number of H-pyrrole nitrogens is 1. The Hall–Kier alpha value is -2.43. The summed E-state index contributed by atoms with van der Waals surface area (Å²) in [5, 5.41) is 0.673. The first-order valence-electron chi connectivity index (χ1n) is 6.76. The van der Waals surface area contributed by atoms with Crippen molar-refractivity contribution in [2.45, 2.75) is 26.7 Å². The number of aromatic nitrogens is 3. The highest BCUT2D eigenvalue weighted by Crippen LogP contribution is 2.22. The molecule has 0 fully saturated rings. The van der Waals surface area contributed by atoms with Gasteiger partial charge in [-0.25, -0.2) is 9.97 Å². The van der Waals surface area contributed by atoms with Crippen molar-refractivity contribution in [3.05, 3.63) is 46.5 Å². The van der Waals surface area contributed by atoms with Crippen molar-refractivity contribution in [3.8, 4) is 0 Å². The molecule has 0 atom stereocenters. The number of nitrogens with two attached hydrogens (primary N) is 1. The van der Waals surface area contributed by atoms with E-state index in [9.17, 15) is 4.79 Å². The maximum absolute atomic E-state index is 12.0. The highest BCUT2D eigenvalue weighted by Gasteiger charge is 2.10. The second-order valence-corrected chi connectivity index (χ2v) is 4.17. The number of pyridine rings is 1. The van der Waals surface area contributed by atoms with Crippen LogP contribution in [-0.2, 0) is 0 Å². The van der Waals surface area contributed by atoms with Crippen molar-refractivity contribution < 1.29 is 0 Å². The second-order valence-electron chi connectivity index (χ2n) is 4.17. The average molecular weight is 270 g/mol. The molecule has 2 heterocycles. The molecule has 1 aliphatic carbocycles. The van der Waals surface area contributed by atoms with Crippen molar-refractivity contribution >= 4 is 22.4 Å². The zero-order valence-corrected chi connectivity index (χ0v) is 11.7. The number of aromatic amines is 1. The number of rotatable bonds is 1. The van der Waals surface area contributed by atoms with E-state index in [-0.39, 0.29) is 5.56 Å². The highest BCUT2D eigenvalue weighted by molar-refractivity contribution is 5.89. The van der Waals surface area contributed by atoms with Gasteiger partial charge in [-0.2, -0.15) is 0 Å². The Bertz CT molecular complexity index is 728. The summed E-state index contributed by atoms with van der Waals surface area (Å²) in [6.07, 6.45) is 9.37. The van der Waals surface area contributed by atoms with Gasteiger partial charge < -0.3 is 10.7 Å². The lowest BCUT2D eigenvalue weighted by Crippen LogP contribution is -2.13. The maximum atomic E-state index is 12.0. The van der Waals surface area contributed by atoms with Crippen molar-refractivity contribution in [3.63, 3.8) is 0 Å². The minimum Gasteiger partial charge on any atom is -0.383 e. The topological polar surface area (TPSA) is 84.7 Å². The van der Waals surface area contributed by atoms with Crippen molar-refractivity contribution in [1.82, 2.24) is 15.0 Å². The fourth-order valence-corrected chi connectivity index (χ4v) is 2.06. The molecule has 104 valence electrons. The third-order valence-electron chi connectivity index (χ3n) is 2.99. The van der Waals surface area contributed by atoms with Gasteiger partial charge in [-0.15, -0.1) is 0 Å². The Balaban J connectivity index is 0.000000704. The third kappa shape index (κ3) is 2.61. The fraction of sp³-hybridized carbons (Fsp3) is 0.267. The Morgan fingerprint density at radius 3 is 2.75 bits per heavy atom. The zero-order valence-electron chi connectivity index (χ0n) is 11.7. The molecule has 1 aliphatic rings. The summed E-state index contributed by atoms with van der Waals surface area (Å²) in [6.45, 7) is 4.00. The molecule has 0 aromatic carbocycles. The number of anilines is 1. The van der Waals surface area contributed by atoms with E-state index in [2.05, 4.69) is 27.1 Å². The zero-order chi connectivity index (χ0) is 14.5. The van der Waals surface area contributed by atoms with Gasteiger partial charge in [-0.1, -0.05) is 32.1 Å². The van der Waals surface area contributed by atoms with Crippen LogP contribution in [0.3, 0.4) is 0 Å². The van der Waals surface area contributed by atoms with Crippen LogP contribution in [-0.4, -0.2) is 15.0 Å². The van der Waals surface area contributed by atoms with E-state index in [4.69, 9.17) is 5.73 Å². The molecule has 0 aliphatic heterocycles. The van der Waals surface area contributed by atoms with E-state index < -0.39 is 0 Å². The number of nitrogens with zero attached hydrogens (tertiary/aromatic N) is 2. The van der Waals surface area contributed by atoms with E-state index in [0.717, 1.165) is 18.4 Å². The minimum absolute atomic E-state index is 0.154. The molecule has 2 aromatic rings. The maximum Gasteiger partial charge on any atom is 0.257 e. The van der Waals surface area contributed by atoms with Gasteiger partial charge in [0.1, 0.15) is 17.8 Å². The van der Waals surface area contributed by atoms with E-state index in [0.29, 0.717) is 22.4 Å². The SMILES string of the molecule is CC.Nc1ncnc2[nH]c(=O)c(C3=CCCC=C3)cc12. The van der Waals surface area contributed by atoms with Gasteiger partial charge in [0.05, 0.1) is 5.39 Å². The Labute approximate surface area is 117 Å². The van der Waals surface area contributed by atoms with Gasteiger partial charge >= 0.3 is 0 Å². The largest absolute Gasteiger partial charge is 0.383 e. The lowest BCUT2D eigenvalue weighted by Gasteiger charge is -2.07. The molecular weight excluding hydrogens is 252 g/mol. The van der Waals surface area contributed by atoms with Gasteiger partial charge in [-0.05, 0) is 24.5 Å². The van der Waals surface area contributed by atoms with Crippen LogP contribution in [0.25, 0.3) is 16.6 Å². The number of hydrogen-bond donors (Lipinski definition) is 2. The molecule has 5 heteroatoms. The van der Waals surface area contributed by atoms with E-state index in [1.54, 1.807) is 6.07 Å². The molecule has 0 radical (unpaired) electrons. The summed E-state index contributed by atoms with van der Waals surface area (Å²) in [4.78, 5) is 22.7. The van der Waals surface area contributed by atoms with Crippen LogP contribution in [0.4, 0.5) is 5.82 Å². The smallest absolute Gasteiger partial charge is 0.257 e. The third-order valence-corrected chi connectivity index (χ3v) is 2.99. The molecule has 0 spiro atoms. The van der Waals surface area contributed by atoms with Gasteiger partial charge in [0.25, 0.3) is 5.56 Å². The van der Waals surface area contributed by atoms with Crippen LogP contribution in [0, 0.1) is 0 Å². The number of allylic oxidation sites excluding steroid dienone is 4. The molecule has 0 saturated heterocycles. The van der Waals surface area contributed by atoms with Crippen LogP contribution in [0.5, 0.6) is 0 Å². The monoisotopic (exact) mass is 270 g/mol. The number of nitrogens with one attached hydrogen (secondary N) is 1. The molecule has 0 amide bonds. The van der Waals surface area contributed by atoms with Crippen LogP contribution >= 0.6 is 0 Å². The van der Waals surface area contributed by atoms with Crippen molar-refractivity contribution in [2.75, 3.05) is 5.73 Å². The first-order valence-corrected chi connectivity index (χ1v) is 6.76. The summed E-state index contributed by atoms with van der Waals surface area (Å²) in [6, 6.07) is 1.75. The number of hydrogen-bond acceptors (Lipinski definition) is 4. The molecule has 5 nitrogen and oxygen atoms in total. The fourth-order valence-electron chi connectivity index (χ4n) is 2.06. The first-order chi connectivity index (χ1) is 9.75. The van der Waals surface area contributed by atoms with Crippen LogP contribution in [0.1, 0.15) is 32.3 Å². The van der Waals surface area contributed by atoms with E-state index in [1.165, 1.54) is 6.33 Å². The number of nitrogen functional groups attached to an aromatic ring is 1.